The maximum Gasteiger partial charge on any atom is 0.242 e. The molecule has 0 fully saturated rings. The summed E-state index contributed by atoms with van der Waals surface area (Å²) in [7, 11) is -3.53. The van der Waals surface area contributed by atoms with E-state index >= 15 is 0 Å². The van der Waals surface area contributed by atoms with Crippen molar-refractivity contribution in [3.8, 4) is 0 Å². The number of hydrogen-bond acceptors (Lipinski definition) is 4. The van der Waals surface area contributed by atoms with Crippen molar-refractivity contribution in [3.63, 3.8) is 0 Å². The number of rotatable bonds is 11. The molecule has 2 rings (SSSR count). The summed E-state index contributed by atoms with van der Waals surface area (Å²) in [5, 5.41) is 2.87. The van der Waals surface area contributed by atoms with Crippen molar-refractivity contribution in [2.24, 2.45) is 0 Å². The Labute approximate surface area is 218 Å². The third-order valence-corrected chi connectivity index (χ3v) is 7.30. The molecule has 35 heavy (non-hydrogen) atoms. The summed E-state index contributed by atoms with van der Waals surface area (Å²) < 4.78 is 27.3. The third-order valence-electron chi connectivity index (χ3n) is 5.63. The Hall–Kier alpha value is -2.39. The summed E-state index contributed by atoms with van der Waals surface area (Å²) in [5.41, 5.74) is 3.32. The lowest BCUT2D eigenvalue weighted by Crippen LogP contribution is -2.49. The van der Waals surface area contributed by atoms with E-state index < -0.39 is 16.1 Å². The van der Waals surface area contributed by atoms with E-state index in [1.165, 1.54) is 10.6 Å². The maximum atomic E-state index is 13.3. The first-order chi connectivity index (χ1) is 16.3. The van der Waals surface area contributed by atoms with E-state index in [2.05, 4.69) is 21.2 Å². The number of benzene rings is 2. The summed E-state index contributed by atoms with van der Waals surface area (Å²) >= 11 is 3.45. The van der Waals surface area contributed by atoms with E-state index in [0.29, 0.717) is 12.1 Å². The van der Waals surface area contributed by atoms with Crippen molar-refractivity contribution >= 4 is 43.5 Å². The molecule has 2 amide bonds. The molecule has 0 aliphatic carbocycles. The zero-order valence-corrected chi connectivity index (χ0v) is 23.7. The molecule has 0 radical (unpaired) electrons. The van der Waals surface area contributed by atoms with Gasteiger partial charge >= 0.3 is 0 Å². The SMILES string of the molecule is Cc1ccc(C)c(N(CCCC(=O)N(Cc2cccc(Br)c2)C(C)C(=O)NC(C)C)S(C)(=O)=O)c1. The van der Waals surface area contributed by atoms with Crippen LogP contribution in [0.4, 0.5) is 5.69 Å². The standard InChI is InChI=1S/C26H36BrN3O4S/c1-18(2)28-26(32)21(5)29(17-22-9-7-10-23(27)16-22)25(31)11-8-14-30(35(6,33)34)24-15-19(3)12-13-20(24)4/h7,9-10,12-13,15-16,18,21H,8,11,14,17H2,1-6H3,(H,28,32). The molecule has 0 aliphatic rings. The fraction of sp³-hybridized carbons (Fsp3) is 0.462. The minimum absolute atomic E-state index is 0.0475. The highest BCUT2D eigenvalue weighted by Crippen LogP contribution is 2.25. The van der Waals surface area contributed by atoms with Crippen LogP contribution >= 0.6 is 15.9 Å². The van der Waals surface area contributed by atoms with Gasteiger partial charge in [-0.25, -0.2) is 8.42 Å². The van der Waals surface area contributed by atoms with Gasteiger partial charge in [-0.2, -0.15) is 0 Å². The Kier molecular flexibility index (Phi) is 10.3. The number of nitrogens with one attached hydrogen (secondary N) is 1. The molecule has 0 aromatic heterocycles. The average Bonchev–Trinajstić information content (AvgIpc) is 2.75. The highest BCUT2D eigenvalue weighted by Gasteiger charge is 2.27. The molecule has 0 bridgehead atoms. The summed E-state index contributed by atoms with van der Waals surface area (Å²) in [6.45, 7) is 9.69. The van der Waals surface area contributed by atoms with Gasteiger partial charge < -0.3 is 10.2 Å². The second-order valence-electron chi connectivity index (χ2n) is 9.22. The second-order valence-corrected chi connectivity index (χ2v) is 12.0. The van der Waals surface area contributed by atoms with E-state index in [1.807, 2.05) is 70.2 Å². The van der Waals surface area contributed by atoms with Gasteiger partial charge in [0.1, 0.15) is 6.04 Å². The van der Waals surface area contributed by atoms with Crippen LogP contribution in [0.3, 0.4) is 0 Å². The third kappa shape index (κ3) is 8.65. The zero-order chi connectivity index (χ0) is 26.3. The Morgan fingerprint density at radius 2 is 1.74 bits per heavy atom. The van der Waals surface area contributed by atoms with E-state index in [-0.39, 0.29) is 37.4 Å². The molecule has 1 atom stereocenters. The van der Waals surface area contributed by atoms with Crippen molar-refractivity contribution in [2.75, 3.05) is 17.1 Å². The number of sulfonamides is 1. The van der Waals surface area contributed by atoms with Crippen LogP contribution in [0.5, 0.6) is 0 Å². The van der Waals surface area contributed by atoms with Gasteiger partial charge in [-0.15, -0.1) is 0 Å². The number of anilines is 1. The van der Waals surface area contributed by atoms with Gasteiger partial charge in [-0.05, 0) is 75.9 Å². The lowest BCUT2D eigenvalue weighted by Gasteiger charge is -2.30. The molecule has 7 nitrogen and oxygen atoms in total. The first-order valence-corrected chi connectivity index (χ1v) is 14.3. The Balaban J connectivity index is 2.21. The molecule has 0 saturated carbocycles. The fourth-order valence-corrected chi connectivity index (χ4v) is 5.25. The number of nitrogens with zero attached hydrogens (tertiary/aromatic N) is 2. The Morgan fingerprint density at radius 1 is 1.06 bits per heavy atom. The van der Waals surface area contributed by atoms with Crippen molar-refractivity contribution in [1.29, 1.82) is 0 Å². The van der Waals surface area contributed by atoms with Crippen LogP contribution in [0, 0.1) is 13.8 Å². The highest BCUT2D eigenvalue weighted by molar-refractivity contribution is 9.10. The molecule has 1 N–H and O–H groups in total. The monoisotopic (exact) mass is 565 g/mol. The van der Waals surface area contributed by atoms with Crippen LogP contribution < -0.4 is 9.62 Å². The topological polar surface area (TPSA) is 86.8 Å². The van der Waals surface area contributed by atoms with E-state index in [9.17, 15) is 18.0 Å². The van der Waals surface area contributed by atoms with Crippen LogP contribution in [0.15, 0.2) is 46.9 Å². The van der Waals surface area contributed by atoms with Gasteiger partial charge in [0.15, 0.2) is 0 Å². The van der Waals surface area contributed by atoms with Gasteiger partial charge in [-0.3, -0.25) is 13.9 Å². The predicted molar refractivity (Wildman–Crippen MR) is 145 cm³/mol. The van der Waals surface area contributed by atoms with Gasteiger partial charge in [0.2, 0.25) is 21.8 Å². The largest absolute Gasteiger partial charge is 0.352 e. The summed E-state index contributed by atoms with van der Waals surface area (Å²) in [5.74, 6) is -0.428. The maximum absolute atomic E-state index is 13.3. The number of aryl methyl sites for hydroxylation is 2. The van der Waals surface area contributed by atoms with Gasteiger partial charge in [-0.1, -0.05) is 40.2 Å². The quantitative estimate of drug-likeness (QED) is 0.433. The van der Waals surface area contributed by atoms with Crippen LogP contribution in [0.25, 0.3) is 0 Å². The van der Waals surface area contributed by atoms with Crippen LogP contribution in [-0.4, -0.2) is 50.0 Å². The Bertz CT molecular complexity index is 1150. The van der Waals surface area contributed by atoms with Crippen molar-refractivity contribution < 1.29 is 18.0 Å². The fourth-order valence-electron chi connectivity index (χ4n) is 3.79. The highest BCUT2D eigenvalue weighted by atomic mass is 79.9. The molecular formula is C26H36BrN3O4S. The minimum Gasteiger partial charge on any atom is -0.352 e. The van der Waals surface area contributed by atoms with Gasteiger partial charge in [0, 0.05) is 30.0 Å². The predicted octanol–water partition coefficient (Wildman–Crippen LogP) is 4.55. The van der Waals surface area contributed by atoms with Crippen LogP contribution in [0.2, 0.25) is 0 Å². The number of halogens is 1. The minimum atomic E-state index is -3.53. The first kappa shape index (κ1) is 28.8. The normalized spacial score (nSPS) is 12.3. The molecule has 2 aromatic carbocycles. The van der Waals surface area contributed by atoms with Crippen molar-refractivity contribution in [2.45, 2.75) is 66.1 Å². The molecular weight excluding hydrogens is 530 g/mol. The average molecular weight is 567 g/mol. The smallest absolute Gasteiger partial charge is 0.242 e. The van der Waals surface area contributed by atoms with E-state index in [4.69, 9.17) is 0 Å². The summed E-state index contributed by atoms with van der Waals surface area (Å²) in [6.07, 6.45) is 1.62. The zero-order valence-electron chi connectivity index (χ0n) is 21.3. The molecule has 2 aromatic rings. The molecule has 1 unspecified atom stereocenters. The van der Waals surface area contributed by atoms with Crippen LogP contribution in [0.1, 0.15) is 50.3 Å². The first-order valence-electron chi connectivity index (χ1n) is 11.7. The number of hydrogen-bond donors (Lipinski definition) is 1. The van der Waals surface area contributed by atoms with E-state index in [1.54, 1.807) is 11.8 Å². The summed E-state index contributed by atoms with van der Waals surface area (Å²) in [4.78, 5) is 27.6. The number of amides is 2. The van der Waals surface area contributed by atoms with E-state index in [0.717, 1.165) is 21.2 Å². The molecule has 192 valence electrons. The van der Waals surface area contributed by atoms with Crippen LogP contribution in [-0.2, 0) is 26.2 Å². The van der Waals surface area contributed by atoms with Crippen molar-refractivity contribution in [1.82, 2.24) is 10.2 Å². The summed E-state index contributed by atoms with van der Waals surface area (Å²) in [6, 6.07) is 12.6. The molecule has 9 heteroatoms. The molecule has 0 aliphatic heterocycles. The Morgan fingerprint density at radius 3 is 2.34 bits per heavy atom. The molecule has 0 spiro atoms. The van der Waals surface area contributed by atoms with Crippen molar-refractivity contribution in [3.05, 3.63) is 63.6 Å². The van der Waals surface area contributed by atoms with Gasteiger partial charge in [0.25, 0.3) is 0 Å². The lowest BCUT2D eigenvalue weighted by molar-refractivity contribution is -0.140. The number of carbonyl (C=O) groups excluding carboxylic acids is 2. The number of carbonyl (C=O) groups is 2. The molecule has 0 saturated heterocycles. The lowest BCUT2D eigenvalue weighted by atomic mass is 10.1. The second kappa shape index (κ2) is 12.5. The molecule has 0 heterocycles. The van der Waals surface area contributed by atoms with Gasteiger partial charge in [0.05, 0.1) is 11.9 Å².